The lowest BCUT2D eigenvalue weighted by Crippen LogP contribution is -2.36. The van der Waals surface area contributed by atoms with Crippen LogP contribution in [0.2, 0.25) is 0 Å². The van der Waals surface area contributed by atoms with Crippen LogP contribution in [0.5, 0.6) is 0 Å². The number of nitrogens with zero attached hydrogens (tertiary/aromatic N) is 2. The Kier molecular flexibility index (Phi) is 6.39. The van der Waals surface area contributed by atoms with Crippen LogP contribution in [0.25, 0.3) is 0 Å². The van der Waals surface area contributed by atoms with E-state index >= 15 is 0 Å². The maximum absolute atomic E-state index is 5.23. The second-order valence-electron chi connectivity index (χ2n) is 4.80. The van der Waals surface area contributed by atoms with Gasteiger partial charge >= 0.3 is 0 Å². The molecule has 22 heavy (non-hydrogen) atoms. The smallest absolute Gasteiger partial charge is 0.191 e. The summed E-state index contributed by atoms with van der Waals surface area (Å²) in [5.74, 6) is 0.748. The number of aromatic nitrogens is 1. The Balaban J connectivity index is 1.89. The molecule has 2 aromatic rings. The van der Waals surface area contributed by atoms with Gasteiger partial charge in [0.2, 0.25) is 0 Å². The molecule has 0 amide bonds. The van der Waals surface area contributed by atoms with Gasteiger partial charge in [-0.25, -0.2) is 0 Å². The van der Waals surface area contributed by atoms with E-state index in [1.54, 1.807) is 20.4 Å². The Bertz CT molecular complexity index is 599. The maximum atomic E-state index is 5.23. The zero-order valence-electron chi connectivity index (χ0n) is 13.0. The molecular weight excluding hydrogens is 276 g/mol. The zero-order chi connectivity index (χ0) is 15.6. The molecule has 0 atom stereocenters. The van der Waals surface area contributed by atoms with Crippen molar-refractivity contribution in [3.8, 4) is 0 Å². The minimum Gasteiger partial charge on any atom is -0.380 e. The van der Waals surface area contributed by atoms with Crippen LogP contribution in [0.3, 0.4) is 0 Å². The number of ether oxygens (including phenoxy) is 1. The molecule has 2 rings (SSSR count). The summed E-state index contributed by atoms with van der Waals surface area (Å²) in [5, 5.41) is 6.56. The van der Waals surface area contributed by atoms with Crippen LogP contribution < -0.4 is 10.6 Å². The van der Waals surface area contributed by atoms with E-state index in [4.69, 9.17) is 4.74 Å². The number of pyridine rings is 1. The van der Waals surface area contributed by atoms with Gasteiger partial charge < -0.3 is 15.4 Å². The van der Waals surface area contributed by atoms with Crippen LogP contribution in [0, 0.1) is 0 Å². The summed E-state index contributed by atoms with van der Waals surface area (Å²) in [4.78, 5) is 8.51. The first-order chi connectivity index (χ1) is 10.8. The predicted molar refractivity (Wildman–Crippen MR) is 88.4 cm³/mol. The summed E-state index contributed by atoms with van der Waals surface area (Å²) in [5.41, 5.74) is 3.35. The first-order valence-electron chi connectivity index (χ1n) is 7.23. The van der Waals surface area contributed by atoms with Gasteiger partial charge in [0.1, 0.15) is 0 Å². The van der Waals surface area contributed by atoms with Crippen molar-refractivity contribution in [3.05, 3.63) is 65.5 Å². The molecule has 0 aliphatic heterocycles. The van der Waals surface area contributed by atoms with E-state index < -0.39 is 0 Å². The predicted octanol–water partition coefficient (Wildman–Crippen LogP) is 2.09. The Morgan fingerprint density at radius 2 is 1.77 bits per heavy atom. The Morgan fingerprint density at radius 1 is 1.05 bits per heavy atom. The summed E-state index contributed by atoms with van der Waals surface area (Å²) in [6.07, 6.45) is 1.79. The molecule has 0 fully saturated rings. The minimum atomic E-state index is 0.609. The van der Waals surface area contributed by atoms with E-state index in [9.17, 15) is 0 Å². The number of rotatable bonds is 6. The number of guanidine groups is 1. The maximum Gasteiger partial charge on any atom is 0.191 e. The highest BCUT2D eigenvalue weighted by Gasteiger charge is 2.03. The lowest BCUT2D eigenvalue weighted by Gasteiger charge is -2.14. The molecule has 1 aromatic heterocycles. The zero-order valence-corrected chi connectivity index (χ0v) is 13.0. The third-order valence-electron chi connectivity index (χ3n) is 3.25. The van der Waals surface area contributed by atoms with Crippen LogP contribution in [-0.2, 0) is 24.4 Å². The lowest BCUT2D eigenvalue weighted by molar-refractivity contribution is 0.184. The van der Waals surface area contributed by atoms with E-state index in [-0.39, 0.29) is 0 Å². The molecule has 5 nitrogen and oxygen atoms in total. The van der Waals surface area contributed by atoms with Gasteiger partial charge in [0.05, 0.1) is 18.8 Å². The van der Waals surface area contributed by atoms with E-state index in [1.807, 2.05) is 30.3 Å². The molecule has 0 saturated carbocycles. The van der Waals surface area contributed by atoms with E-state index in [0.29, 0.717) is 19.7 Å². The molecule has 0 saturated heterocycles. The van der Waals surface area contributed by atoms with Gasteiger partial charge in [-0.1, -0.05) is 30.3 Å². The fraction of sp³-hybridized carbons (Fsp3) is 0.294. The van der Waals surface area contributed by atoms with Crippen molar-refractivity contribution in [2.24, 2.45) is 4.99 Å². The minimum absolute atomic E-state index is 0.609. The Hall–Kier alpha value is -2.40. The molecule has 1 aromatic carbocycles. The number of nitrogens with one attached hydrogen (secondary N) is 2. The molecule has 116 valence electrons. The van der Waals surface area contributed by atoms with Crippen LogP contribution in [0.4, 0.5) is 0 Å². The topological polar surface area (TPSA) is 58.5 Å². The second-order valence-corrected chi connectivity index (χ2v) is 4.80. The van der Waals surface area contributed by atoms with E-state index in [2.05, 4.69) is 32.7 Å². The highest BCUT2D eigenvalue weighted by atomic mass is 16.5. The Morgan fingerprint density at radius 3 is 2.45 bits per heavy atom. The summed E-state index contributed by atoms with van der Waals surface area (Å²) < 4.78 is 5.23. The average molecular weight is 298 g/mol. The number of benzene rings is 1. The standard InChI is InChI=1S/C17H22N4O/c1-18-17(21-12-16-9-5-6-10-19-16)20-11-14-7-3-4-8-15(14)13-22-2/h3-10H,11-13H2,1-2H3,(H2,18,20,21). The van der Waals surface area contributed by atoms with Crippen LogP contribution in [0.15, 0.2) is 53.7 Å². The summed E-state index contributed by atoms with van der Waals surface area (Å²) in [7, 11) is 3.46. The van der Waals surface area contributed by atoms with Crippen molar-refractivity contribution in [2.75, 3.05) is 14.2 Å². The molecule has 0 aliphatic rings. The third-order valence-corrected chi connectivity index (χ3v) is 3.25. The first-order valence-corrected chi connectivity index (χ1v) is 7.23. The number of methoxy groups -OCH3 is 1. The largest absolute Gasteiger partial charge is 0.380 e. The van der Waals surface area contributed by atoms with Crippen LogP contribution >= 0.6 is 0 Å². The highest BCUT2D eigenvalue weighted by Crippen LogP contribution is 2.09. The van der Waals surface area contributed by atoms with Crippen molar-refractivity contribution in [2.45, 2.75) is 19.7 Å². The quantitative estimate of drug-likeness (QED) is 0.633. The van der Waals surface area contributed by atoms with Gasteiger partial charge in [0.25, 0.3) is 0 Å². The molecule has 0 aliphatic carbocycles. The van der Waals surface area contributed by atoms with Crippen LogP contribution in [-0.4, -0.2) is 25.1 Å². The van der Waals surface area contributed by atoms with Gasteiger partial charge in [-0.2, -0.15) is 0 Å². The third kappa shape index (κ3) is 4.86. The highest BCUT2D eigenvalue weighted by molar-refractivity contribution is 5.79. The summed E-state index contributed by atoms with van der Waals surface area (Å²) in [6.45, 7) is 1.94. The van der Waals surface area contributed by atoms with Gasteiger partial charge in [0.15, 0.2) is 5.96 Å². The number of hydrogen-bond acceptors (Lipinski definition) is 3. The SMILES string of the molecule is CN=C(NCc1ccccn1)NCc1ccccc1COC. The molecule has 0 spiro atoms. The average Bonchev–Trinajstić information content (AvgIpc) is 2.57. The molecule has 0 bridgehead atoms. The normalized spacial score (nSPS) is 11.3. The molecule has 2 N–H and O–H groups in total. The monoisotopic (exact) mass is 298 g/mol. The van der Waals surface area contributed by atoms with Crippen molar-refractivity contribution in [1.82, 2.24) is 15.6 Å². The number of aliphatic imine (C=N–C) groups is 1. The van der Waals surface area contributed by atoms with Gasteiger partial charge in [-0.15, -0.1) is 0 Å². The second kappa shape index (κ2) is 8.79. The van der Waals surface area contributed by atoms with Crippen molar-refractivity contribution in [1.29, 1.82) is 0 Å². The summed E-state index contributed by atoms with van der Waals surface area (Å²) >= 11 is 0. The summed E-state index contributed by atoms with van der Waals surface area (Å²) in [6, 6.07) is 14.1. The molecular formula is C17H22N4O. The fourth-order valence-corrected chi connectivity index (χ4v) is 2.10. The molecule has 0 unspecified atom stereocenters. The van der Waals surface area contributed by atoms with Crippen molar-refractivity contribution >= 4 is 5.96 Å². The fourth-order valence-electron chi connectivity index (χ4n) is 2.10. The molecule has 5 heteroatoms. The molecule has 0 radical (unpaired) electrons. The van der Waals surface area contributed by atoms with Crippen molar-refractivity contribution < 1.29 is 4.74 Å². The van der Waals surface area contributed by atoms with Gasteiger partial charge in [-0.3, -0.25) is 9.98 Å². The van der Waals surface area contributed by atoms with E-state index in [1.165, 1.54) is 11.1 Å². The van der Waals surface area contributed by atoms with Crippen LogP contribution in [0.1, 0.15) is 16.8 Å². The first kappa shape index (κ1) is 16.0. The lowest BCUT2D eigenvalue weighted by atomic mass is 10.1. The van der Waals surface area contributed by atoms with Gasteiger partial charge in [-0.05, 0) is 23.3 Å². The van der Waals surface area contributed by atoms with E-state index in [0.717, 1.165) is 11.7 Å². The van der Waals surface area contributed by atoms with Gasteiger partial charge in [0, 0.05) is 26.9 Å². The number of hydrogen-bond donors (Lipinski definition) is 2. The molecule has 1 heterocycles. The van der Waals surface area contributed by atoms with Crippen molar-refractivity contribution in [3.63, 3.8) is 0 Å². The Labute approximate surface area is 131 Å².